The van der Waals surface area contributed by atoms with Crippen molar-refractivity contribution in [1.29, 1.82) is 5.41 Å². The van der Waals surface area contributed by atoms with Gasteiger partial charge in [-0.05, 0) is 25.0 Å². The summed E-state index contributed by atoms with van der Waals surface area (Å²) in [6, 6.07) is 0. The van der Waals surface area contributed by atoms with Gasteiger partial charge >= 0.3 is 5.97 Å². The van der Waals surface area contributed by atoms with Crippen LogP contribution in [0.1, 0.15) is 34.1 Å². The van der Waals surface area contributed by atoms with Gasteiger partial charge in [0.05, 0.1) is 5.92 Å². The molecule has 13 heavy (non-hydrogen) atoms. The molecule has 0 fully saturated rings. The third kappa shape index (κ3) is 7.50. The zero-order valence-electron chi connectivity index (χ0n) is 9.00. The summed E-state index contributed by atoms with van der Waals surface area (Å²) < 4.78 is 0. The summed E-state index contributed by atoms with van der Waals surface area (Å²) in [6.07, 6.45) is 0.785. The lowest BCUT2D eigenvalue weighted by Gasteiger charge is -2.17. The van der Waals surface area contributed by atoms with E-state index in [9.17, 15) is 4.79 Å². The Balaban J connectivity index is 0. The third-order valence-electron chi connectivity index (χ3n) is 1.85. The van der Waals surface area contributed by atoms with E-state index in [0.29, 0.717) is 5.92 Å². The van der Waals surface area contributed by atoms with Gasteiger partial charge in [0.2, 0.25) is 0 Å². The van der Waals surface area contributed by atoms with Crippen LogP contribution in [-0.4, -0.2) is 17.8 Å². The molecule has 0 aromatic rings. The molecule has 0 aliphatic rings. The predicted molar refractivity (Wildman–Crippen MR) is 55.3 cm³/mol. The van der Waals surface area contributed by atoms with Crippen molar-refractivity contribution >= 4 is 12.7 Å². The van der Waals surface area contributed by atoms with E-state index in [1.165, 1.54) is 0 Å². The molecule has 3 nitrogen and oxygen atoms in total. The number of hydrogen-bond donors (Lipinski definition) is 2. The van der Waals surface area contributed by atoms with E-state index in [2.05, 4.69) is 20.6 Å². The van der Waals surface area contributed by atoms with Gasteiger partial charge in [-0.1, -0.05) is 27.7 Å². The normalized spacial score (nSPS) is 12.2. The molecular formula is C10H21NO2. The van der Waals surface area contributed by atoms with Crippen molar-refractivity contribution in [2.45, 2.75) is 34.1 Å². The van der Waals surface area contributed by atoms with Crippen molar-refractivity contribution in [2.75, 3.05) is 0 Å². The fourth-order valence-corrected chi connectivity index (χ4v) is 1.17. The van der Waals surface area contributed by atoms with E-state index in [1.54, 1.807) is 0 Å². The zero-order valence-corrected chi connectivity index (χ0v) is 9.00. The van der Waals surface area contributed by atoms with Gasteiger partial charge in [-0.3, -0.25) is 4.79 Å². The molecule has 1 unspecified atom stereocenters. The number of carboxylic acid groups (broad SMARTS) is 1. The van der Waals surface area contributed by atoms with Crippen LogP contribution in [0.15, 0.2) is 0 Å². The minimum atomic E-state index is -0.659. The van der Waals surface area contributed by atoms with Crippen LogP contribution in [0.5, 0.6) is 0 Å². The molecular weight excluding hydrogens is 166 g/mol. The second kappa shape index (κ2) is 7.77. The number of rotatable bonds is 4. The van der Waals surface area contributed by atoms with E-state index in [4.69, 9.17) is 10.5 Å². The first-order valence-corrected chi connectivity index (χ1v) is 4.53. The average Bonchev–Trinajstić information content (AvgIpc) is 2.03. The summed E-state index contributed by atoms with van der Waals surface area (Å²) in [6.45, 7) is 10.5. The monoisotopic (exact) mass is 187 g/mol. The van der Waals surface area contributed by atoms with Gasteiger partial charge in [0.25, 0.3) is 0 Å². The van der Waals surface area contributed by atoms with E-state index in [1.807, 2.05) is 13.8 Å². The Kier molecular flexibility index (Phi) is 8.76. The Hall–Kier alpha value is -0.860. The Morgan fingerprint density at radius 2 is 1.69 bits per heavy atom. The molecule has 2 N–H and O–H groups in total. The highest BCUT2D eigenvalue weighted by Gasteiger charge is 2.21. The van der Waals surface area contributed by atoms with Crippen molar-refractivity contribution < 1.29 is 9.90 Å². The molecule has 0 bridgehead atoms. The summed E-state index contributed by atoms with van der Waals surface area (Å²) in [7, 11) is 0. The molecule has 3 heteroatoms. The quantitative estimate of drug-likeness (QED) is 0.665. The molecule has 0 aliphatic heterocycles. The average molecular weight is 187 g/mol. The summed E-state index contributed by atoms with van der Waals surface area (Å²) >= 11 is 0. The lowest BCUT2D eigenvalue weighted by Crippen LogP contribution is -2.21. The van der Waals surface area contributed by atoms with Gasteiger partial charge in [0, 0.05) is 0 Å². The molecule has 1 atom stereocenters. The zero-order chi connectivity index (χ0) is 11.0. The van der Waals surface area contributed by atoms with Gasteiger partial charge in [0.15, 0.2) is 0 Å². The summed E-state index contributed by atoms with van der Waals surface area (Å²) in [5, 5.41) is 14.3. The van der Waals surface area contributed by atoms with Crippen molar-refractivity contribution in [1.82, 2.24) is 0 Å². The lowest BCUT2D eigenvalue weighted by atomic mass is 9.88. The molecule has 0 aromatic heterocycles. The summed E-state index contributed by atoms with van der Waals surface area (Å²) in [4.78, 5) is 10.7. The number of hydrogen-bond acceptors (Lipinski definition) is 2. The topological polar surface area (TPSA) is 61.2 Å². The van der Waals surface area contributed by atoms with Crippen LogP contribution in [0, 0.1) is 23.2 Å². The first kappa shape index (κ1) is 14.7. The second-order valence-corrected chi connectivity index (χ2v) is 3.82. The van der Waals surface area contributed by atoms with Crippen molar-refractivity contribution in [3.8, 4) is 0 Å². The summed E-state index contributed by atoms with van der Waals surface area (Å²) in [5.74, 6) is -0.114. The van der Waals surface area contributed by atoms with Gasteiger partial charge in [-0.2, -0.15) is 0 Å². The van der Waals surface area contributed by atoms with Crippen molar-refractivity contribution in [3.05, 3.63) is 0 Å². The molecule has 0 radical (unpaired) electrons. The Morgan fingerprint density at radius 1 is 1.31 bits per heavy atom. The summed E-state index contributed by atoms with van der Waals surface area (Å²) in [5.41, 5.74) is 0. The first-order chi connectivity index (χ1) is 5.95. The van der Waals surface area contributed by atoms with E-state index in [0.717, 1.165) is 6.42 Å². The maximum absolute atomic E-state index is 10.7. The largest absolute Gasteiger partial charge is 0.481 e. The predicted octanol–water partition coefficient (Wildman–Crippen LogP) is 2.66. The highest BCUT2D eigenvalue weighted by Crippen LogP contribution is 2.19. The van der Waals surface area contributed by atoms with Gasteiger partial charge in [-0.15, -0.1) is 0 Å². The number of carbonyl (C=O) groups is 1. The Morgan fingerprint density at radius 3 is 1.77 bits per heavy atom. The number of nitrogens with one attached hydrogen (secondary N) is 1. The molecule has 0 aromatic carbocycles. The second-order valence-electron chi connectivity index (χ2n) is 3.82. The molecule has 0 heterocycles. The molecule has 78 valence electrons. The fraction of sp³-hybridized carbons (Fsp3) is 0.800. The van der Waals surface area contributed by atoms with Crippen LogP contribution in [0.2, 0.25) is 0 Å². The van der Waals surface area contributed by atoms with Gasteiger partial charge in [-0.25, -0.2) is 0 Å². The maximum Gasteiger partial charge on any atom is 0.306 e. The highest BCUT2D eigenvalue weighted by atomic mass is 16.4. The van der Waals surface area contributed by atoms with E-state index >= 15 is 0 Å². The standard InChI is InChI=1S/C9H18O2.CH3N/c1-6(2)5-8(7(3)4)9(10)11;1-2/h6-8H,5H2,1-4H3,(H,10,11);2H,1H2. The van der Waals surface area contributed by atoms with Crippen LogP contribution in [-0.2, 0) is 4.79 Å². The smallest absolute Gasteiger partial charge is 0.306 e. The van der Waals surface area contributed by atoms with Crippen molar-refractivity contribution in [3.63, 3.8) is 0 Å². The maximum atomic E-state index is 10.7. The van der Waals surface area contributed by atoms with Gasteiger partial charge < -0.3 is 10.5 Å². The first-order valence-electron chi connectivity index (χ1n) is 4.53. The lowest BCUT2D eigenvalue weighted by molar-refractivity contribution is -0.143. The van der Waals surface area contributed by atoms with Crippen LogP contribution in [0.3, 0.4) is 0 Å². The number of aliphatic carboxylic acids is 1. The SMILES string of the molecule is C=N.CC(C)CC(C(=O)O)C(C)C. The van der Waals surface area contributed by atoms with Crippen LogP contribution < -0.4 is 0 Å². The molecule has 0 aliphatic carbocycles. The molecule has 0 saturated carbocycles. The van der Waals surface area contributed by atoms with Gasteiger partial charge in [0.1, 0.15) is 0 Å². The third-order valence-corrected chi connectivity index (χ3v) is 1.85. The number of carboxylic acids is 1. The Bertz CT molecular complexity index is 144. The molecule has 0 spiro atoms. The fourth-order valence-electron chi connectivity index (χ4n) is 1.17. The van der Waals surface area contributed by atoms with Crippen molar-refractivity contribution in [2.24, 2.45) is 17.8 Å². The van der Waals surface area contributed by atoms with E-state index in [-0.39, 0.29) is 11.8 Å². The molecule has 0 amide bonds. The van der Waals surface area contributed by atoms with Crippen LogP contribution in [0.4, 0.5) is 0 Å². The van der Waals surface area contributed by atoms with E-state index < -0.39 is 5.97 Å². The molecule has 0 saturated heterocycles. The Labute approximate surface area is 80.7 Å². The minimum absolute atomic E-state index is 0.171. The van der Waals surface area contributed by atoms with Crippen LogP contribution in [0.25, 0.3) is 0 Å². The highest BCUT2D eigenvalue weighted by molar-refractivity contribution is 5.70. The van der Waals surface area contributed by atoms with Crippen LogP contribution >= 0.6 is 0 Å². The minimum Gasteiger partial charge on any atom is -0.481 e. The molecule has 0 rings (SSSR count).